The number of carbonyl (C=O) groups is 2. The fourth-order valence-corrected chi connectivity index (χ4v) is 4.75. The van der Waals surface area contributed by atoms with Crippen molar-refractivity contribution >= 4 is 38.9 Å². The highest BCUT2D eigenvalue weighted by Crippen LogP contribution is 2.30. The second kappa shape index (κ2) is 10.9. The molecule has 0 fully saturated rings. The van der Waals surface area contributed by atoms with Crippen LogP contribution in [0.5, 0.6) is 5.75 Å². The standard InChI is InChI=1S/C26H25N3O4S/c1-33-21-11-9-20(10-12-21)28-26(31)25(27-16-17-5-3-2-4-6-17)19-8-7-18-13-22(15-24(30)29-32)34-23(18)14-19/h2-14,25,27,32H,15-16H2,1H3,(H,28,31)(H,29,30). The summed E-state index contributed by atoms with van der Waals surface area (Å²) >= 11 is 1.46. The van der Waals surface area contributed by atoms with Gasteiger partial charge in [-0.1, -0.05) is 42.5 Å². The number of hydroxylamine groups is 1. The first kappa shape index (κ1) is 23.4. The minimum Gasteiger partial charge on any atom is -0.497 e. The summed E-state index contributed by atoms with van der Waals surface area (Å²) in [5, 5.41) is 16.1. The van der Waals surface area contributed by atoms with Gasteiger partial charge >= 0.3 is 0 Å². The van der Waals surface area contributed by atoms with Gasteiger partial charge in [-0.3, -0.25) is 20.1 Å². The topological polar surface area (TPSA) is 99.7 Å². The van der Waals surface area contributed by atoms with Crippen molar-refractivity contribution < 1.29 is 19.5 Å². The normalized spacial score (nSPS) is 11.7. The number of anilines is 1. The highest BCUT2D eigenvalue weighted by atomic mass is 32.1. The van der Waals surface area contributed by atoms with E-state index in [0.717, 1.165) is 26.1 Å². The summed E-state index contributed by atoms with van der Waals surface area (Å²) < 4.78 is 6.15. The van der Waals surface area contributed by atoms with Gasteiger partial charge in [-0.05, 0) is 52.9 Å². The first-order valence-electron chi connectivity index (χ1n) is 10.7. The largest absolute Gasteiger partial charge is 0.497 e. The maximum absolute atomic E-state index is 13.3. The number of nitrogens with one attached hydrogen (secondary N) is 3. The fraction of sp³-hybridized carbons (Fsp3) is 0.154. The molecule has 0 aliphatic carbocycles. The Morgan fingerprint density at radius 1 is 1.00 bits per heavy atom. The Bertz CT molecular complexity index is 1270. The molecule has 174 valence electrons. The third-order valence-corrected chi connectivity index (χ3v) is 6.46. The van der Waals surface area contributed by atoms with Crippen molar-refractivity contribution in [2.75, 3.05) is 12.4 Å². The Morgan fingerprint density at radius 3 is 2.47 bits per heavy atom. The van der Waals surface area contributed by atoms with Crippen LogP contribution in [0.15, 0.2) is 78.9 Å². The minimum atomic E-state index is -0.599. The number of benzene rings is 3. The highest BCUT2D eigenvalue weighted by Gasteiger charge is 2.21. The molecule has 0 saturated carbocycles. The summed E-state index contributed by atoms with van der Waals surface area (Å²) in [4.78, 5) is 25.7. The van der Waals surface area contributed by atoms with E-state index in [9.17, 15) is 9.59 Å². The molecule has 2 amide bonds. The lowest BCUT2D eigenvalue weighted by molar-refractivity contribution is -0.128. The molecule has 34 heavy (non-hydrogen) atoms. The third-order valence-electron chi connectivity index (χ3n) is 5.36. The molecule has 0 spiro atoms. The van der Waals surface area contributed by atoms with Crippen molar-refractivity contribution in [1.82, 2.24) is 10.8 Å². The first-order chi connectivity index (χ1) is 16.6. The lowest BCUT2D eigenvalue weighted by Crippen LogP contribution is -2.32. The van der Waals surface area contributed by atoms with Crippen molar-refractivity contribution in [2.24, 2.45) is 0 Å². The van der Waals surface area contributed by atoms with Gasteiger partial charge in [0, 0.05) is 21.8 Å². The smallest absolute Gasteiger partial charge is 0.248 e. The molecule has 1 unspecified atom stereocenters. The fourth-order valence-electron chi connectivity index (χ4n) is 3.63. The van der Waals surface area contributed by atoms with E-state index >= 15 is 0 Å². The SMILES string of the molecule is COc1ccc(NC(=O)C(NCc2ccccc2)c2ccc3cc(CC(=O)NO)sc3c2)cc1. The minimum absolute atomic E-state index is 0.0961. The third kappa shape index (κ3) is 5.79. The monoisotopic (exact) mass is 475 g/mol. The van der Waals surface area contributed by atoms with Gasteiger partial charge < -0.3 is 10.1 Å². The summed E-state index contributed by atoms with van der Waals surface area (Å²) in [5.41, 5.74) is 4.22. The number of rotatable bonds is 9. The predicted molar refractivity (Wildman–Crippen MR) is 133 cm³/mol. The van der Waals surface area contributed by atoms with Crippen molar-refractivity contribution in [2.45, 2.75) is 19.0 Å². The van der Waals surface area contributed by atoms with Crippen LogP contribution in [0.1, 0.15) is 22.0 Å². The molecule has 3 aromatic carbocycles. The quantitative estimate of drug-likeness (QED) is 0.212. The van der Waals surface area contributed by atoms with Gasteiger partial charge in [-0.2, -0.15) is 0 Å². The van der Waals surface area contributed by atoms with Gasteiger partial charge in [-0.15, -0.1) is 11.3 Å². The van der Waals surface area contributed by atoms with E-state index in [-0.39, 0.29) is 12.3 Å². The number of ether oxygens (including phenoxy) is 1. The zero-order chi connectivity index (χ0) is 23.9. The molecule has 4 N–H and O–H groups in total. The highest BCUT2D eigenvalue weighted by molar-refractivity contribution is 7.19. The van der Waals surface area contributed by atoms with E-state index < -0.39 is 11.9 Å². The number of amides is 2. The second-order valence-electron chi connectivity index (χ2n) is 7.74. The van der Waals surface area contributed by atoms with Gasteiger partial charge in [0.15, 0.2) is 0 Å². The molecule has 0 saturated heterocycles. The molecule has 0 radical (unpaired) electrons. The van der Waals surface area contributed by atoms with Gasteiger partial charge in [0.25, 0.3) is 0 Å². The Balaban J connectivity index is 1.59. The lowest BCUT2D eigenvalue weighted by Gasteiger charge is -2.19. The number of carbonyl (C=O) groups excluding carboxylic acids is 2. The Morgan fingerprint density at radius 2 is 1.76 bits per heavy atom. The van der Waals surface area contributed by atoms with Gasteiger partial charge in [0.05, 0.1) is 13.5 Å². The Kier molecular flexibility index (Phi) is 7.54. The van der Waals surface area contributed by atoms with Crippen LogP contribution in [-0.4, -0.2) is 24.1 Å². The van der Waals surface area contributed by atoms with Crippen molar-refractivity contribution in [3.05, 3.63) is 94.9 Å². The summed E-state index contributed by atoms with van der Waals surface area (Å²) in [5.74, 6) is 0.0653. The summed E-state index contributed by atoms with van der Waals surface area (Å²) in [6.07, 6.45) is 0.0961. The van der Waals surface area contributed by atoms with Crippen LogP contribution in [0, 0.1) is 0 Å². The van der Waals surface area contributed by atoms with E-state index in [2.05, 4.69) is 10.6 Å². The molecule has 0 bridgehead atoms. The number of fused-ring (bicyclic) bond motifs is 1. The van der Waals surface area contributed by atoms with Crippen molar-refractivity contribution in [3.8, 4) is 5.75 Å². The molecular weight excluding hydrogens is 450 g/mol. The zero-order valence-corrected chi connectivity index (χ0v) is 19.4. The van der Waals surface area contributed by atoms with Crippen LogP contribution in [0.3, 0.4) is 0 Å². The molecule has 1 aromatic heterocycles. The molecular formula is C26H25N3O4S. The summed E-state index contributed by atoms with van der Waals surface area (Å²) in [7, 11) is 1.60. The van der Waals surface area contributed by atoms with Crippen LogP contribution < -0.4 is 20.9 Å². The molecule has 8 heteroatoms. The molecule has 1 heterocycles. The van der Waals surface area contributed by atoms with Gasteiger partial charge in [0.1, 0.15) is 11.8 Å². The summed E-state index contributed by atoms with van der Waals surface area (Å²) in [6, 6.07) is 24.2. The maximum Gasteiger partial charge on any atom is 0.248 e. The van der Waals surface area contributed by atoms with Crippen molar-refractivity contribution in [3.63, 3.8) is 0 Å². The second-order valence-corrected chi connectivity index (χ2v) is 8.91. The van der Waals surface area contributed by atoms with E-state index in [1.165, 1.54) is 11.3 Å². The Hall–Kier alpha value is -3.72. The zero-order valence-electron chi connectivity index (χ0n) is 18.6. The van der Waals surface area contributed by atoms with Crippen LogP contribution in [0.25, 0.3) is 10.1 Å². The molecule has 0 aliphatic heterocycles. The number of thiophene rings is 1. The van der Waals surface area contributed by atoms with Crippen molar-refractivity contribution in [1.29, 1.82) is 0 Å². The first-order valence-corrected chi connectivity index (χ1v) is 11.5. The average Bonchev–Trinajstić information content (AvgIpc) is 3.26. The summed E-state index contributed by atoms with van der Waals surface area (Å²) in [6.45, 7) is 0.520. The van der Waals surface area contributed by atoms with E-state index in [4.69, 9.17) is 9.94 Å². The van der Waals surface area contributed by atoms with Crippen LogP contribution in [-0.2, 0) is 22.6 Å². The lowest BCUT2D eigenvalue weighted by atomic mass is 10.0. The number of methoxy groups -OCH3 is 1. The molecule has 0 aliphatic rings. The maximum atomic E-state index is 13.3. The van der Waals surface area contributed by atoms with E-state index in [0.29, 0.717) is 18.0 Å². The predicted octanol–water partition coefficient (Wildman–Crippen LogP) is 4.43. The van der Waals surface area contributed by atoms with Crippen LogP contribution in [0.2, 0.25) is 0 Å². The molecule has 4 aromatic rings. The van der Waals surface area contributed by atoms with Crippen LogP contribution >= 0.6 is 11.3 Å². The average molecular weight is 476 g/mol. The number of hydrogen-bond acceptors (Lipinski definition) is 6. The van der Waals surface area contributed by atoms with E-state index in [1.807, 2.05) is 54.6 Å². The van der Waals surface area contributed by atoms with Gasteiger partial charge in [-0.25, -0.2) is 5.48 Å². The number of hydrogen-bond donors (Lipinski definition) is 4. The van der Waals surface area contributed by atoms with Crippen LogP contribution in [0.4, 0.5) is 5.69 Å². The van der Waals surface area contributed by atoms with E-state index in [1.54, 1.807) is 36.9 Å². The molecule has 1 atom stereocenters. The Labute approximate surface area is 201 Å². The molecule has 7 nitrogen and oxygen atoms in total. The van der Waals surface area contributed by atoms with Gasteiger partial charge in [0.2, 0.25) is 11.8 Å². The molecule has 4 rings (SSSR count).